The number of rotatable bonds is 11. The smallest absolute Gasteiger partial charge is 0.272 e. The topological polar surface area (TPSA) is 119 Å². The molecular formula is C33H28N4O5S2. The van der Waals surface area contributed by atoms with Crippen molar-refractivity contribution in [3.8, 4) is 11.5 Å². The maximum atomic E-state index is 13.4. The number of nitrogens with zero attached hydrogens (tertiary/aromatic N) is 1. The lowest BCUT2D eigenvalue weighted by molar-refractivity contribution is -0.114. The molecule has 0 spiro atoms. The van der Waals surface area contributed by atoms with Crippen molar-refractivity contribution in [3.05, 3.63) is 114 Å². The van der Waals surface area contributed by atoms with Gasteiger partial charge in [-0.2, -0.15) is 0 Å². The lowest BCUT2D eigenvalue weighted by atomic mass is 10.1. The van der Waals surface area contributed by atoms with Crippen LogP contribution in [0.15, 0.2) is 108 Å². The number of para-hydroxylation sites is 1. The molecule has 0 atom stereocenters. The van der Waals surface area contributed by atoms with Gasteiger partial charge in [0.25, 0.3) is 11.8 Å². The van der Waals surface area contributed by atoms with Crippen molar-refractivity contribution in [1.82, 2.24) is 10.3 Å². The van der Waals surface area contributed by atoms with Crippen LogP contribution in [0.5, 0.6) is 11.5 Å². The highest BCUT2D eigenvalue weighted by atomic mass is 32.2. The molecule has 0 saturated heterocycles. The minimum absolute atomic E-state index is 0.00961. The zero-order chi connectivity index (χ0) is 30.9. The van der Waals surface area contributed by atoms with E-state index in [1.807, 2.05) is 36.4 Å². The number of carbonyl (C=O) groups is 3. The standard InChI is InChI=1S/C33H28N4O5S2/c1-41-24-14-17-28(42-2)22(18-24)19-27(35-31(39)21-8-4-3-5-9-21)32(40)34-23-12-15-25(16-13-23)43-20-30(38)37-33-36-26-10-6-7-11-29(26)44-33/h3-19H,20H2,1-2H3,(H,34,40)(H,35,39)(H,36,37,38)/b27-19-. The van der Waals surface area contributed by atoms with Gasteiger partial charge >= 0.3 is 0 Å². The molecule has 3 amide bonds. The summed E-state index contributed by atoms with van der Waals surface area (Å²) in [5, 5.41) is 8.96. The summed E-state index contributed by atoms with van der Waals surface area (Å²) in [6.45, 7) is 0. The second-order valence-corrected chi connectivity index (χ2v) is 11.4. The molecule has 1 heterocycles. The number of amides is 3. The van der Waals surface area contributed by atoms with E-state index in [9.17, 15) is 14.4 Å². The third kappa shape index (κ3) is 7.82. The van der Waals surface area contributed by atoms with E-state index in [0.29, 0.717) is 33.4 Å². The van der Waals surface area contributed by atoms with Crippen molar-refractivity contribution in [1.29, 1.82) is 0 Å². The van der Waals surface area contributed by atoms with Gasteiger partial charge in [0.1, 0.15) is 17.2 Å². The molecule has 5 aromatic rings. The number of ether oxygens (including phenoxy) is 2. The highest BCUT2D eigenvalue weighted by Gasteiger charge is 2.17. The summed E-state index contributed by atoms with van der Waals surface area (Å²) in [5.41, 5.74) is 2.31. The normalized spacial score (nSPS) is 11.1. The largest absolute Gasteiger partial charge is 0.497 e. The van der Waals surface area contributed by atoms with Crippen LogP contribution < -0.4 is 25.4 Å². The van der Waals surface area contributed by atoms with Gasteiger partial charge in [0.15, 0.2) is 5.13 Å². The van der Waals surface area contributed by atoms with Gasteiger partial charge in [0, 0.05) is 21.7 Å². The fourth-order valence-corrected chi connectivity index (χ4v) is 5.69. The Hall–Kier alpha value is -5.13. The molecule has 5 rings (SSSR count). The molecule has 0 saturated carbocycles. The predicted molar refractivity (Wildman–Crippen MR) is 175 cm³/mol. The third-order valence-corrected chi connectivity index (χ3v) is 8.25. The minimum atomic E-state index is -0.533. The Morgan fingerprint density at radius 3 is 2.34 bits per heavy atom. The summed E-state index contributed by atoms with van der Waals surface area (Å²) >= 11 is 2.79. The van der Waals surface area contributed by atoms with Gasteiger partial charge in [-0.15, -0.1) is 11.8 Å². The van der Waals surface area contributed by atoms with Crippen molar-refractivity contribution in [2.45, 2.75) is 4.90 Å². The van der Waals surface area contributed by atoms with Gasteiger partial charge in [0.2, 0.25) is 5.91 Å². The van der Waals surface area contributed by atoms with Crippen molar-refractivity contribution >= 4 is 67.9 Å². The van der Waals surface area contributed by atoms with E-state index in [0.717, 1.165) is 15.1 Å². The van der Waals surface area contributed by atoms with Gasteiger partial charge in [0.05, 0.1) is 30.2 Å². The van der Waals surface area contributed by atoms with Crippen molar-refractivity contribution in [2.75, 3.05) is 30.6 Å². The molecule has 0 aliphatic rings. The number of fused-ring (bicyclic) bond motifs is 1. The molecule has 0 aliphatic heterocycles. The Bertz CT molecular complexity index is 1790. The lowest BCUT2D eigenvalue weighted by Gasteiger charge is -2.13. The maximum absolute atomic E-state index is 13.4. The van der Waals surface area contributed by atoms with Crippen molar-refractivity contribution in [2.24, 2.45) is 0 Å². The molecule has 0 aliphatic carbocycles. The monoisotopic (exact) mass is 624 g/mol. The number of hydrogen-bond acceptors (Lipinski definition) is 8. The number of benzene rings is 4. The first kappa shape index (κ1) is 30.3. The summed E-state index contributed by atoms with van der Waals surface area (Å²) in [7, 11) is 3.06. The molecule has 222 valence electrons. The molecule has 44 heavy (non-hydrogen) atoms. The zero-order valence-corrected chi connectivity index (χ0v) is 25.5. The molecule has 4 aromatic carbocycles. The SMILES string of the molecule is COc1ccc(OC)c(/C=C(\NC(=O)c2ccccc2)C(=O)Nc2ccc(SCC(=O)Nc3nc4ccccc4s3)cc2)c1. The summed E-state index contributed by atoms with van der Waals surface area (Å²) in [4.78, 5) is 44.2. The predicted octanol–water partition coefficient (Wildman–Crippen LogP) is 6.45. The van der Waals surface area contributed by atoms with Gasteiger partial charge < -0.3 is 25.4 Å². The van der Waals surface area contributed by atoms with Crippen LogP contribution >= 0.6 is 23.1 Å². The second kappa shape index (κ2) is 14.4. The minimum Gasteiger partial charge on any atom is -0.497 e. The fourth-order valence-electron chi connectivity index (χ4n) is 4.11. The van der Waals surface area contributed by atoms with Gasteiger partial charge in [-0.1, -0.05) is 41.7 Å². The Labute approximate surface area is 262 Å². The van der Waals surface area contributed by atoms with E-state index < -0.39 is 11.8 Å². The molecule has 1 aromatic heterocycles. The van der Waals surface area contributed by atoms with Crippen LogP contribution in [0.4, 0.5) is 10.8 Å². The van der Waals surface area contributed by atoms with Crippen LogP contribution in [0.2, 0.25) is 0 Å². The highest BCUT2D eigenvalue weighted by Crippen LogP contribution is 2.28. The number of thiazole rings is 1. The Morgan fingerprint density at radius 1 is 0.864 bits per heavy atom. The third-order valence-electron chi connectivity index (χ3n) is 6.29. The molecule has 0 radical (unpaired) electrons. The van der Waals surface area contributed by atoms with Gasteiger partial charge in [-0.3, -0.25) is 14.4 Å². The van der Waals surface area contributed by atoms with E-state index in [1.165, 1.54) is 43.4 Å². The van der Waals surface area contributed by atoms with Crippen LogP contribution in [-0.4, -0.2) is 42.7 Å². The number of thioether (sulfide) groups is 1. The molecule has 0 bridgehead atoms. The molecule has 0 fully saturated rings. The van der Waals surface area contributed by atoms with Crippen LogP contribution in [0.1, 0.15) is 15.9 Å². The first-order chi connectivity index (χ1) is 21.4. The quantitative estimate of drug-likeness (QED) is 0.114. The van der Waals surface area contributed by atoms with Crippen LogP contribution in [0.3, 0.4) is 0 Å². The molecule has 11 heteroatoms. The summed E-state index contributed by atoms with van der Waals surface area (Å²) in [5.74, 6) is 0.122. The van der Waals surface area contributed by atoms with E-state index >= 15 is 0 Å². The van der Waals surface area contributed by atoms with Gasteiger partial charge in [-0.25, -0.2) is 4.98 Å². The van der Waals surface area contributed by atoms with Crippen molar-refractivity contribution < 1.29 is 23.9 Å². The van der Waals surface area contributed by atoms with E-state index in [4.69, 9.17) is 9.47 Å². The van der Waals surface area contributed by atoms with E-state index in [-0.39, 0.29) is 17.4 Å². The maximum Gasteiger partial charge on any atom is 0.272 e. The van der Waals surface area contributed by atoms with Gasteiger partial charge in [-0.05, 0) is 72.8 Å². The molecule has 9 nitrogen and oxygen atoms in total. The Morgan fingerprint density at radius 2 is 1.61 bits per heavy atom. The Kier molecular flexibility index (Phi) is 9.90. The summed E-state index contributed by atoms with van der Waals surface area (Å²) in [6.07, 6.45) is 1.53. The first-order valence-electron chi connectivity index (χ1n) is 13.4. The number of methoxy groups -OCH3 is 2. The number of aromatic nitrogens is 1. The fraction of sp³-hybridized carbons (Fsp3) is 0.0909. The van der Waals surface area contributed by atoms with Crippen LogP contribution in [0, 0.1) is 0 Å². The number of carbonyl (C=O) groups excluding carboxylic acids is 3. The highest BCUT2D eigenvalue weighted by molar-refractivity contribution is 8.00. The number of anilines is 2. The molecular weight excluding hydrogens is 597 g/mol. The molecule has 0 unspecified atom stereocenters. The van der Waals surface area contributed by atoms with Crippen molar-refractivity contribution in [3.63, 3.8) is 0 Å². The average molecular weight is 625 g/mol. The molecule has 3 N–H and O–H groups in total. The number of nitrogens with one attached hydrogen (secondary N) is 3. The lowest BCUT2D eigenvalue weighted by Crippen LogP contribution is -2.30. The Balaban J connectivity index is 1.26. The average Bonchev–Trinajstić information content (AvgIpc) is 3.46. The summed E-state index contributed by atoms with van der Waals surface area (Å²) < 4.78 is 11.8. The summed E-state index contributed by atoms with van der Waals surface area (Å²) in [6, 6.07) is 28.6. The second-order valence-electron chi connectivity index (χ2n) is 9.29. The number of hydrogen-bond donors (Lipinski definition) is 3. The van der Waals surface area contributed by atoms with Crippen LogP contribution in [-0.2, 0) is 9.59 Å². The van der Waals surface area contributed by atoms with E-state index in [1.54, 1.807) is 60.7 Å². The first-order valence-corrected chi connectivity index (χ1v) is 15.2. The van der Waals surface area contributed by atoms with Crippen LogP contribution in [0.25, 0.3) is 16.3 Å². The van der Waals surface area contributed by atoms with E-state index in [2.05, 4.69) is 20.9 Å². The zero-order valence-electron chi connectivity index (χ0n) is 23.8.